The number of halogens is 1. The number of piperidine rings is 1. The number of hydrogen-bond acceptors (Lipinski definition) is 8. The molecule has 2 aliphatic rings. The van der Waals surface area contributed by atoms with Crippen molar-refractivity contribution in [3.8, 4) is 0 Å². The van der Waals surface area contributed by atoms with E-state index in [0.29, 0.717) is 49.1 Å². The molecule has 37 heavy (non-hydrogen) atoms. The fourth-order valence-electron chi connectivity index (χ4n) is 5.93. The van der Waals surface area contributed by atoms with Crippen molar-refractivity contribution in [2.75, 3.05) is 51.3 Å². The van der Waals surface area contributed by atoms with E-state index in [-0.39, 0.29) is 43.2 Å². The quantitative estimate of drug-likeness (QED) is 0.135. The second kappa shape index (κ2) is 17.8. The standard InChI is InChI=1S/C26H41FN4O2S2.O.Tc/c1-3-23(29-33-2)26-22(19-5-7-20(27)8-6-19)17-21-9-10-24(26)31(21)13-4-12-30(14-16-35)18-25(32)28-11-15-34;;/h5-8,21-22,24,26,34-35H,3-4,9-18H2,1-2H3,(H,28,32);;/q;-2;+5/p-3/b29-23+;;/t21?,22-,24?,26+;;/m0../s1/i;;1+0. The van der Waals surface area contributed by atoms with Crippen LogP contribution in [0.1, 0.15) is 50.5 Å². The van der Waals surface area contributed by atoms with Crippen molar-refractivity contribution in [2.45, 2.75) is 57.0 Å². The zero-order valence-corrected chi connectivity index (χ0v) is 25.2. The van der Waals surface area contributed by atoms with Crippen LogP contribution in [-0.4, -0.2) is 84.8 Å². The maximum atomic E-state index is 13.6. The Bertz CT molecular complexity index is 850. The van der Waals surface area contributed by atoms with E-state index >= 15 is 0 Å². The molecule has 4 atom stereocenters. The molecule has 0 amide bonds. The van der Waals surface area contributed by atoms with Gasteiger partial charge < -0.3 is 50.6 Å². The van der Waals surface area contributed by atoms with Crippen molar-refractivity contribution in [3.05, 3.63) is 35.6 Å². The van der Waals surface area contributed by atoms with E-state index in [2.05, 4.69) is 26.9 Å². The van der Waals surface area contributed by atoms with E-state index in [1.807, 2.05) is 12.1 Å². The van der Waals surface area contributed by atoms with E-state index in [0.717, 1.165) is 50.9 Å². The summed E-state index contributed by atoms with van der Waals surface area (Å²) in [6.07, 6.45) is 5.12. The van der Waals surface area contributed by atoms with Crippen LogP contribution >= 0.6 is 0 Å². The van der Waals surface area contributed by atoms with Gasteiger partial charge in [0.2, 0.25) is 0 Å². The molecular formula is C26H38FN4O3S2Tc. The van der Waals surface area contributed by atoms with Crippen molar-refractivity contribution >= 4 is 36.9 Å². The SMILES string of the molecule is CC/C(=N\OC)[C@@H]1C2CCC(C[C@H]1c1ccc(F)cc1)N2CCCN(CC[S-])CC([O-])=NCC[S-].[98Tc+5].[O-2]. The Kier molecular flexibility index (Phi) is 16.5. The van der Waals surface area contributed by atoms with E-state index in [4.69, 9.17) is 30.1 Å². The number of aliphatic imine (C=N–C) groups is 1. The molecule has 1 aromatic carbocycles. The van der Waals surface area contributed by atoms with Crippen LogP contribution in [0.4, 0.5) is 4.39 Å². The molecule has 3 rings (SSSR count). The number of fused-ring (bicyclic) bond motifs is 2. The second-order valence-corrected chi connectivity index (χ2v) is 10.2. The minimum absolute atomic E-state index is 0. The molecule has 0 N–H and O–H groups in total. The number of oxime groups is 1. The maximum absolute atomic E-state index is 13.6. The molecule has 0 spiro atoms. The molecule has 2 saturated heterocycles. The van der Waals surface area contributed by atoms with Gasteiger partial charge in [-0.15, -0.1) is 0 Å². The van der Waals surface area contributed by atoms with Crippen LogP contribution in [0.5, 0.6) is 0 Å². The van der Waals surface area contributed by atoms with Gasteiger partial charge in [0.05, 0.1) is 5.71 Å². The molecule has 206 valence electrons. The summed E-state index contributed by atoms with van der Waals surface area (Å²) in [7, 11) is 1.61. The Morgan fingerprint density at radius 1 is 1.19 bits per heavy atom. The van der Waals surface area contributed by atoms with Gasteiger partial charge in [-0.3, -0.25) is 4.90 Å². The predicted molar refractivity (Wildman–Crippen MR) is 144 cm³/mol. The number of benzene rings is 1. The first-order valence-corrected chi connectivity index (χ1v) is 13.9. The normalized spacial score (nSPS) is 24.1. The van der Waals surface area contributed by atoms with Crippen LogP contribution in [0.2, 0.25) is 0 Å². The van der Waals surface area contributed by atoms with Crippen LogP contribution in [0.3, 0.4) is 0 Å². The zero-order valence-electron chi connectivity index (χ0n) is 21.7. The Labute approximate surface area is 245 Å². The van der Waals surface area contributed by atoms with Gasteiger partial charge in [0.1, 0.15) is 12.9 Å². The molecule has 0 saturated carbocycles. The third-order valence-electron chi connectivity index (χ3n) is 7.35. The van der Waals surface area contributed by atoms with Crippen molar-refractivity contribution in [1.29, 1.82) is 0 Å². The molecule has 7 nitrogen and oxygen atoms in total. The summed E-state index contributed by atoms with van der Waals surface area (Å²) in [5.74, 6) is 1.30. The van der Waals surface area contributed by atoms with Crippen LogP contribution < -0.4 is 5.11 Å². The summed E-state index contributed by atoms with van der Waals surface area (Å²) in [5, 5.41) is 16.6. The van der Waals surface area contributed by atoms with E-state index in [9.17, 15) is 9.50 Å². The Balaban J connectivity index is 0.00000342. The first kappa shape index (κ1) is 34.3. The average molecular weight is 636 g/mol. The van der Waals surface area contributed by atoms with Crippen LogP contribution in [-0.2, 0) is 55.7 Å². The van der Waals surface area contributed by atoms with Crippen LogP contribution in [0, 0.1) is 11.7 Å². The molecule has 2 bridgehead atoms. The van der Waals surface area contributed by atoms with Crippen molar-refractivity contribution in [2.24, 2.45) is 16.1 Å². The van der Waals surface area contributed by atoms with Crippen molar-refractivity contribution < 1.29 is 39.9 Å². The molecule has 11 heteroatoms. The summed E-state index contributed by atoms with van der Waals surface area (Å²) < 4.78 is 13.6. The Morgan fingerprint density at radius 2 is 1.92 bits per heavy atom. The molecule has 1 aromatic rings. The number of rotatable bonds is 14. The Hall–Kier alpha value is -0.681. The van der Waals surface area contributed by atoms with E-state index in [1.54, 1.807) is 19.2 Å². The van der Waals surface area contributed by atoms with Crippen LogP contribution in [0.15, 0.2) is 34.4 Å². The minimum Gasteiger partial charge on any atom is -2.00 e. The Morgan fingerprint density at radius 3 is 2.54 bits per heavy atom. The van der Waals surface area contributed by atoms with Gasteiger partial charge in [-0.25, -0.2) is 4.39 Å². The van der Waals surface area contributed by atoms with Gasteiger partial charge in [-0.05, 0) is 81.3 Å². The molecule has 2 fully saturated rings. The monoisotopic (exact) mass is 635 g/mol. The zero-order chi connectivity index (χ0) is 25.2. The predicted octanol–water partition coefficient (Wildman–Crippen LogP) is 2.60. The molecule has 2 unspecified atom stereocenters. The van der Waals surface area contributed by atoms with Gasteiger partial charge >= 0.3 is 20.1 Å². The average Bonchev–Trinajstić information content (AvgIpc) is 3.13. The van der Waals surface area contributed by atoms with Gasteiger partial charge in [0, 0.05) is 31.1 Å². The minimum atomic E-state index is -0.203. The third kappa shape index (κ3) is 9.48. The fraction of sp³-hybridized carbons (Fsp3) is 0.692. The third-order valence-corrected chi connectivity index (χ3v) is 7.72. The topological polar surface area (TPSA) is 92.0 Å². The first-order chi connectivity index (χ1) is 17.0. The summed E-state index contributed by atoms with van der Waals surface area (Å²) >= 11 is 10.1. The summed E-state index contributed by atoms with van der Waals surface area (Å²) in [6, 6.07) is 7.88. The summed E-state index contributed by atoms with van der Waals surface area (Å²) in [6.45, 7) is 5.36. The number of hydrogen-bond donors (Lipinski definition) is 0. The molecule has 0 aliphatic carbocycles. The fourth-order valence-corrected chi connectivity index (χ4v) is 6.28. The first-order valence-electron chi connectivity index (χ1n) is 12.7. The summed E-state index contributed by atoms with van der Waals surface area (Å²) in [4.78, 5) is 14.0. The van der Waals surface area contributed by atoms with Gasteiger partial charge in [-0.2, -0.15) is 11.5 Å². The smallest absolute Gasteiger partial charge is 2.00 e. The van der Waals surface area contributed by atoms with Crippen molar-refractivity contribution in [1.82, 2.24) is 9.80 Å². The maximum Gasteiger partial charge on any atom is 5.00 e. The van der Waals surface area contributed by atoms with Gasteiger partial charge in [0.15, 0.2) is 0 Å². The molecule has 2 aliphatic heterocycles. The molecular weight excluding hydrogens is 597 g/mol. The van der Waals surface area contributed by atoms with E-state index in [1.165, 1.54) is 5.56 Å². The van der Waals surface area contributed by atoms with Crippen molar-refractivity contribution in [3.63, 3.8) is 0 Å². The largest absolute Gasteiger partial charge is 5.00 e. The van der Waals surface area contributed by atoms with Crippen LogP contribution in [0.25, 0.3) is 0 Å². The van der Waals surface area contributed by atoms with Gasteiger partial charge in [-0.1, -0.05) is 24.2 Å². The second-order valence-electron chi connectivity index (χ2n) is 9.39. The molecule has 0 aromatic heterocycles. The molecule has 2 heterocycles. The van der Waals surface area contributed by atoms with Gasteiger partial charge in [0.25, 0.3) is 0 Å². The van der Waals surface area contributed by atoms with E-state index < -0.39 is 0 Å². The number of nitrogens with zero attached hydrogens (tertiary/aromatic N) is 4. The summed E-state index contributed by atoms with van der Waals surface area (Å²) in [5.41, 5.74) is 2.27. The molecule has 0 radical (unpaired) electrons.